The van der Waals surface area contributed by atoms with Crippen molar-refractivity contribution >= 4 is 16.9 Å². The lowest BCUT2D eigenvalue weighted by atomic mass is 10.1. The number of pyridine rings is 1. The van der Waals surface area contributed by atoms with Crippen LogP contribution in [0.1, 0.15) is 29.4 Å². The third-order valence-electron chi connectivity index (χ3n) is 2.72. The van der Waals surface area contributed by atoms with Crippen LogP contribution >= 0.6 is 0 Å². The minimum absolute atomic E-state index is 0.364. The number of methoxy groups -OCH3 is 1. The van der Waals surface area contributed by atoms with E-state index in [1.807, 2.05) is 18.2 Å². The van der Waals surface area contributed by atoms with Crippen molar-refractivity contribution in [3.8, 4) is 0 Å². The predicted molar refractivity (Wildman–Crippen MR) is 67.1 cm³/mol. The van der Waals surface area contributed by atoms with E-state index < -0.39 is 5.97 Å². The van der Waals surface area contributed by atoms with E-state index >= 15 is 0 Å². The summed E-state index contributed by atoms with van der Waals surface area (Å²) in [4.78, 5) is 15.8. The number of aryl methyl sites for hydroxylation is 1. The zero-order chi connectivity index (χ0) is 12.3. The number of hydrogen-bond donors (Lipinski definition) is 0. The zero-order valence-corrected chi connectivity index (χ0v) is 10.1. The van der Waals surface area contributed by atoms with E-state index in [4.69, 9.17) is 0 Å². The second-order valence-electron chi connectivity index (χ2n) is 3.93. The summed E-state index contributed by atoms with van der Waals surface area (Å²) in [6.45, 7) is 2.13. The van der Waals surface area contributed by atoms with Gasteiger partial charge in [0.2, 0.25) is 0 Å². The number of carbonyl (C=O) groups excluding carboxylic acids is 1. The Bertz CT molecular complexity index is 549. The summed E-state index contributed by atoms with van der Waals surface area (Å²) in [6.07, 6.45) is 2.03. The average molecular weight is 229 g/mol. The maximum absolute atomic E-state index is 11.4. The highest BCUT2D eigenvalue weighted by Crippen LogP contribution is 2.18. The monoisotopic (exact) mass is 229 g/mol. The minimum Gasteiger partial charge on any atom is -0.464 e. The summed E-state index contributed by atoms with van der Waals surface area (Å²) in [5, 5.41) is 1.06. The van der Waals surface area contributed by atoms with Gasteiger partial charge in [-0.05, 0) is 18.1 Å². The van der Waals surface area contributed by atoms with Crippen molar-refractivity contribution in [2.75, 3.05) is 7.11 Å². The van der Waals surface area contributed by atoms with Gasteiger partial charge in [0.05, 0.1) is 12.6 Å². The Kier molecular flexibility index (Phi) is 3.38. The molecule has 0 atom stereocenters. The van der Waals surface area contributed by atoms with Crippen molar-refractivity contribution in [1.29, 1.82) is 0 Å². The number of benzene rings is 1. The molecule has 0 amide bonds. The molecular formula is C14H15NO2. The zero-order valence-electron chi connectivity index (χ0n) is 10.1. The van der Waals surface area contributed by atoms with Crippen LogP contribution in [-0.2, 0) is 11.2 Å². The molecule has 0 N–H and O–H groups in total. The predicted octanol–water partition coefficient (Wildman–Crippen LogP) is 2.97. The minimum atomic E-state index is -0.391. The first kappa shape index (κ1) is 11.6. The Labute approximate surface area is 100 Å². The first-order chi connectivity index (χ1) is 8.26. The molecule has 2 aromatic rings. The topological polar surface area (TPSA) is 39.2 Å². The number of carbonyl (C=O) groups is 1. The van der Waals surface area contributed by atoms with Crippen LogP contribution in [0.15, 0.2) is 30.3 Å². The molecule has 0 aliphatic heterocycles. The van der Waals surface area contributed by atoms with Crippen molar-refractivity contribution in [2.45, 2.75) is 19.8 Å². The molecule has 0 radical (unpaired) electrons. The van der Waals surface area contributed by atoms with E-state index in [0.717, 1.165) is 23.7 Å². The largest absolute Gasteiger partial charge is 0.464 e. The lowest BCUT2D eigenvalue weighted by molar-refractivity contribution is 0.0594. The molecule has 0 unspecified atom stereocenters. The summed E-state index contributed by atoms with van der Waals surface area (Å²) in [5.41, 5.74) is 2.44. The van der Waals surface area contributed by atoms with Crippen LogP contribution in [0.4, 0.5) is 0 Å². The fourth-order valence-electron chi connectivity index (χ4n) is 1.90. The molecule has 0 fully saturated rings. The van der Waals surface area contributed by atoms with Crippen LogP contribution in [0.2, 0.25) is 0 Å². The number of para-hydroxylation sites is 1. The van der Waals surface area contributed by atoms with Crippen LogP contribution in [0, 0.1) is 0 Å². The van der Waals surface area contributed by atoms with Gasteiger partial charge in [-0.2, -0.15) is 0 Å². The molecule has 3 nitrogen and oxygen atoms in total. The van der Waals surface area contributed by atoms with Crippen LogP contribution < -0.4 is 0 Å². The number of hydrogen-bond acceptors (Lipinski definition) is 3. The molecule has 0 aliphatic carbocycles. The van der Waals surface area contributed by atoms with E-state index in [0.29, 0.717) is 5.69 Å². The van der Waals surface area contributed by atoms with E-state index in [1.165, 1.54) is 12.7 Å². The molecule has 1 heterocycles. The number of aromatic nitrogens is 1. The van der Waals surface area contributed by atoms with E-state index in [9.17, 15) is 4.79 Å². The summed E-state index contributed by atoms with van der Waals surface area (Å²) in [6, 6.07) is 9.69. The van der Waals surface area contributed by atoms with E-state index in [-0.39, 0.29) is 0 Å². The van der Waals surface area contributed by atoms with Gasteiger partial charge < -0.3 is 4.74 Å². The molecule has 0 saturated heterocycles. The van der Waals surface area contributed by atoms with E-state index in [1.54, 1.807) is 6.07 Å². The van der Waals surface area contributed by atoms with Crippen LogP contribution in [0.3, 0.4) is 0 Å². The van der Waals surface area contributed by atoms with Crippen molar-refractivity contribution in [3.05, 3.63) is 41.6 Å². The summed E-state index contributed by atoms with van der Waals surface area (Å²) in [7, 11) is 1.37. The van der Waals surface area contributed by atoms with Crippen LogP contribution in [0.5, 0.6) is 0 Å². The normalized spacial score (nSPS) is 10.5. The van der Waals surface area contributed by atoms with Gasteiger partial charge in [-0.3, -0.25) is 0 Å². The Balaban J connectivity index is 2.57. The first-order valence-electron chi connectivity index (χ1n) is 5.73. The number of nitrogens with zero attached hydrogens (tertiary/aromatic N) is 1. The van der Waals surface area contributed by atoms with Gasteiger partial charge in [0.15, 0.2) is 0 Å². The summed E-state index contributed by atoms with van der Waals surface area (Å²) >= 11 is 0. The fraction of sp³-hybridized carbons (Fsp3) is 0.286. The molecule has 3 heteroatoms. The summed E-state index contributed by atoms with van der Waals surface area (Å²) in [5.74, 6) is -0.391. The highest BCUT2D eigenvalue weighted by molar-refractivity contribution is 5.91. The second kappa shape index (κ2) is 4.95. The molecule has 88 valence electrons. The fourth-order valence-corrected chi connectivity index (χ4v) is 1.90. The Morgan fingerprint density at radius 3 is 2.82 bits per heavy atom. The van der Waals surface area contributed by atoms with E-state index in [2.05, 4.69) is 22.7 Å². The number of esters is 1. The molecular weight excluding hydrogens is 214 g/mol. The molecule has 2 rings (SSSR count). The van der Waals surface area contributed by atoms with Crippen molar-refractivity contribution < 1.29 is 9.53 Å². The third kappa shape index (κ3) is 2.28. The highest BCUT2D eigenvalue weighted by atomic mass is 16.5. The van der Waals surface area contributed by atoms with Crippen LogP contribution in [-0.4, -0.2) is 18.1 Å². The Hall–Kier alpha value is -1.90. The first-order valence-corrected chi connectivity index (χ1v) is 5.73. The maximum Gasteiger partial charge on any atom is 0.356 e. The molecule has 0 bridgehead atoms. The lowest BCUT2D eigenvalue weighted by Gasteiger charge is -2.06. The molecule has 0 saturated carbocycles. The maximum atomic E-state index is 11.4. The van der Waals surface area contributed by atoms with Crippen molar-refractivity contribution in [2.24, 2.45) is 0 Å². The Morgan fingerprint density at radius 2 is 2.12 bits per heavy atom. The second-order valence-corrected chi connectivity index (χ2v) is 3.93. The SMILES string of the molecule is CCCc1cccc2ccc(C(=O)OC)nc12. The molecule has 17 heavy (non-hydrogen) atoms. The smallest absolute Gasteiger partial charge is 0.356 e. The van der Waals surface area contributed by atoms with Crippen LogP contribution in [0.25, 0.3) is 10.9 Å². The quantitative estimate of drug-likeness (QED) is 0.759. The number of ether oxygens (including phenoxy) is 1. The van der Waals surface area contributed by atoms with Crippen molar-refractivity contribution in [1.82, 2.24) is 4.98 Å². The van der Waals surface area contributed by atoms with Gasteiger partial charge in [0.25, 0.3) is 0 Å². The summed E-state index contributed by atoms with van der Waals surface area (Å²) < 4.78 is 4.68. The number of fused-ring (bicyclic) bond motifs is 1. The van der Waals surface area contributed by atoms with Gasteiger partial charge in [-0.15, -0.1) is 0 Å². The average Bonchev–Trinajstić information content (AvgIpc) is 2.38. The molecule has 1 aromatic carbocycles. The standard InChI is InChI=1S/C14H15NO2/c1-3-5-10-6-4-7-11-8-9-12(14(16)17-2)15-13(10)11/h4,6-9H,3,5H2,1-2H3. The highest BCUT2D eigenvalue weighted by Gasteiger charge is 2.09. The van der Waals surface area contributed by atoms with Gasteiger partial charge in [-0.25, -0.2) is 9.78 Å². The molecule has 0 aliphatic rings. The van der Waals surface area contributed by atoms with Gasteiger partial charge in [0, 0.05) is 5.39 Å². The third-order valence-corrected chi connectivity index (χ3v) is 2.72. The lowest BCUT2D eigenvalue weighted by Crippen LogP contribution is -2.04. The number of rotatable bonds is 3. The van der Waals surface area contributed by atoms with Crippen molar-refractivity contribution in [3.63, 3.8) is 0 Å². The van der Waals surface area contributed by atoms with Gasteiger partial charge >= 0.3 is 5.97 Å². The molecule has 0 spiro atoms. The van der Waals surface area contributed by atoms with Gasteiger partial charge in [0.1, 0.15) is 5.69 Å². The molecule has 1 aromatic heterocycles. The van der Waals surface area contributed by atoms with Gasteiger partial charge in [-0.1, -0.05) is 37.6 Å². The Morgan fingerprint density at radius 1 is 1.29 bits per heavy atom.